The van der Waals surface area contributed by atoms with Crippen LogP contribution in [0.2, 0.25) is 0 Å². The van der Waals surface area contributed by atoms with Gasteiger partial charge in [0.2, 0.25) is 0 Å². The number of thiophene rings is 1. The van der Waals surface area contributed by atoms with Gasteiger partial charge in [-0.15, -0.1) is 11.3 Å². The van der Waals surface area contributed by atoms with Crippen molar-refractivity contribution >= 4 is 28.9 Å². The monoisotopic (exact) mass is 347 g/mol. The predicted octanol–water partition coefficient (Wildman–Crippen LogP) is 3.95. The maximum absolute atomic E-state index is 12.2. The van der Waals surface area contributed by atoms with Crippen molar-refractivity contribution in [2.45, 2.75) is 33.8 Å². The molecule has 1 amide bonds. The Morgan fingerprint density at radius 1 is 1.21 bits per heavy atom. The van der Waals surface area contributed by atoms with E-state index in [0.29, 0.717) is 17.9 Å². The smallest absolute Gasteiger partial charge is 0.340 e. The number of carbonyl (C=O) groups is 2. The highest BCUT2D eigenvalue weighted by molar-refractivity contribution is 7.12. The molecule has 24 heavy (non-hydrogen) atoms. The molecule has 1 aromatic heterocycles. The van der Waals surface area contributed by atoms with Crippen LogP contribution in [0.25, 0.3) is 0 Å². The van der Waals surface area contributed by atoms with E-state index >= 15 is 0 Å². The van der Waals surface area contributed by atoms with Crippen molar-refractivity contribution in [2.24, 2.45) is 0 Å². The number of nitrogens with one attached hydrogen (secondary N) is 1. The molecule has 1 atom stereocenters. The highest BCUT2D eigenvalue weighted by Gasteiger charge is 2.21. The second kappa shape index (κ2) is 7.97. The summed E-state index contributed by atoms with van der Waals surface area (Å²) < 4.78 is 10.6. The molecule has 6 heteroatoms. The normalized spacial score (nSPS) is 11.7. The van der Waals surface area contributed by atoms with E-state index in [-0.39, 0.29) is 5.91 Å². The molecule has 1 aromatic carbocycles. The van der Waals surface area contributed by atoms with E-state index in [1.54, 1.807) is 37.3 Å². The second-order valence-corrected chi connectivity index (χ2v) is 6.78. The lowest BCUT2D eigenvalue weighted by molar-refractivity contribution is -0.123. The van der Waals surface area contributed by atoms with Gasteiger partial charge < -0.3 is 14.8 Å². The molecule has 128 valence electrons. The zero-order valence-corrected chi connectivity index (χ0v) is 15.0. The summed E-state index contributed by atoms with van der Waals surface area (Å²) in [6, 6.07) is 8.80. The summed E-state index contributed by atoms with van der Waals surface area (Å²) in [7, 11) is 0. The summed E-state index contributed by atoms with van der Waals surface area (Å²) in [4.78, 5) is 26.2. The molecule has 0 saturated heterocycles. The molecule has 2 aromatic rings. The summed E-state index contributed by atoms with van der Waals surface area (Å²) in [5.74, 6) is -0.124. The molecule has 0 aliphatic heterocycles. The van der Waals surface area contributed by atoms with Crippen LogP contribution in [0.4, 0.5) is 5.69 Å². The van der Waals surface area contributed by atoms with Gasteiger partial charge >= 0.3 is 5.97 Å². The van der Waals surface area contributed by atoms with E-state index in [4.69, 9.17) is 9.47 Å². The summed E-state index contributed by atoms with van der Waals surface area (Å²) in [5, 5.41) is 2.72. The first-order valence-electron chi connectivity index (χ1n) is 7.72. The van der Waals surface area contributed by atoms with Crippen LogP contribution in [0.5, 0.6) is 5.75 Å². The van der Waals surface area contributed by atoms with Gasteiger partial charge in [0.15, 0.2) is 6.10 Å². The number of carbonyl (C=O) groups excluding carboxylic acids is 2. The number of anilines is 1. The Bertz CT molecular complexity index is 721. The van der Waals surface area contributed by atoms with Gasteiger partial charge in [0.1, 0.15) is 5.75 Å². The largest absolute Gasteiger partial charge is 0.494 e. The van der Waals surface area contributed by atoms with Crippen molar-refractivity contribution < 1.29 is 19.1 Å². The van der Waals surface area contributed by atoms with Crippen LogP contribution < -0.4 is 10.1 Å². The average molecular weight is 347 g/mol. The van der Waals surface area contributed by atoms with Crippen LogP contribution in [0.1, 0.15) is 34.0 Å². The summed E-state index contributed by atoms with van der Waals surface area (Å²) in [5.41, 5.74) is 1.13. The predicted molar refractivity (Wildman–Crippen MR) is 94.9 cm³/mol. The molecule has 0 fully saturated rings. The molecule has 0 spiro atoms. The number of aryl methyl sites for hydroxylation is 2. The molecule has 2 rings (SSSR count). The van der Waals surface area contributed by atoms with Gasteiger partial charge in [-0.25, -0.2) is 4.79 Å². The first kappa shape index (κ1) is 18.0. The Morgan fingerprint density at radius 3 is 2.42 bits per heavy atom. The number of benzene rings is 1. The first-order valence-corrected chi connectivity index (χ1v) is 8.54. The van der Waals surface area contributed by atoms with E-state index in [2.05, 4.69) is 5.32 Å². The van der Waals surface area contributed by atoms with Crippen molar-refractivity contribution in [3.05, 3.63) is 45.6 Å². The SMILES string of the molecule is CCOc1ccc(NC(=O)[C@H](C)OC(=O)c2cc(C)sc2C)cc1. The maximum atomic E-state index is 12.2. The number of hydrogen-bond donors (Lipinski definition) is 1. The standard InChI is InChI=1S/C18H21NO4S/c1-5-22-15-8-6-14(7-9-15)19-17(20)12(3)23-18(21)16-10-11(2)24-13(16)4/h6-10,12H,5H2,1-4H3,(H,19,20)/t12-/m0/s1. The Kier molecular flexibility index (Phi) is 5.98. The quantitative estimate of drug-likeness (QED) is 0.804. The van der Waals surface area contributed by atoms with Crippen LogP contribution in [0, 0.1) is 13.8 Å². The molecule has 1 N–H and O–H groups in total. The molecular formula is C18H21NO4S. The third kappa shape index (κ3) is 4.58. The van der Waals surface area contributed by atoms with Crippen LogP contribution in [-0.2, 0) is 9.53 Å². The molecule has 0 aliphatic rings. The molecule has 0 unspecified atom stereocenters. The van der Waals surface area contributed by atoms with E-state index < -0.39 is 12.1 Å². The second-order valence-electron chi connectivity index (χ2n) is 5.32. The van der Waals surface area contributed by atoms with Crippen LogP contribution in [0.3, 0.4) is 0 Å². The number of hydrogen-bond acceptors (Lipinski definition) is 5. The highest BCUT2D eigenvalue weighted by Crippen LogP contribution is 2.22. The number of ether oxygens (including phenoxy) is 2. The van der Waals surface area contributed by atoms with Crippen molar-refractivity contribution in [1.29, 1.82) is 0 Å². The molecule has 5 nitrogen and oxygen atoms in total. The number of esters is 1. The first-order chi connectivity index (χ1) is 11.4. The highest BCUT2D eigenvalue weighted by atomic mass is 32.1. The third-order valence-corrected chi connectivity index (χ3v) is 4.31. The number of amides is 1. The van der Waals surface area contributed by atoms with Crippen molar-refractivity contribution in [3.8, 4) is 5.75 Å². The van der Waals surface area contributed by atoms with Gasteiger partial charge in [-0.3, -0.25) is 4.79 Å². The zero-order chi connectivity index (χ0) is 17.7. The minimum absolute atomic E-state index is 0.378. The lowest BCUT2D eigenvalue weighted by Gasteiger charge is -2.13. The van der Waals surface area contributed by atoms with E-state index in [1.165, 1.54) is 11.3 Å². The fourth-order valence-electron chi connectivity index (χ4n) is 2.16. The molecule has 1 heterocycles. The van der Waals surface area contributed by atoms with Crippen LogP contribution >= 0.6 is 11.3 Å². The van der Waals surface area contributed by atoms with Gasteiger partial charge in [-0.05, 0) is 58.0 Å². The third-order valence-electron chi connectivity index (χ3n) is 3.35. The van der Waals surface area contributed by atoms with Gasteiger partial charge in [-0.2, -0.15) is 0 Å². The molecule has 0 radical (unpaired) electrons. The summed E-state index contributed by atoms with van der Waals surface area (Å²) >= 11 is 1.53. The van der Waals surface area contributed by atoms with Gasteiger partial charge in [0.05, 0.1) is 12.2 Å². The van der Waals surface area contributed by atoms with Crippen LogP contribution in [0.15, 0.2) is 30.3 Å². The van der Waals surface area contributed by atoms with Gasteiger partial charge in [-0.1, -0.05) is 0 Å². The van der Waals surface area contributed by atoms with Crippen molar-refractivity contribution in [1.82, 2.24) is 0 Å². The van der Waals surface area contributed by atoms with E-state index in [0.717, 1.165) is 15.5 Å². The molecular weight excluding hydrogens is 326 g/mol. The van der Waals surface area contributed by atoms with E-state index in [1.807, 2.05) is 20.8 Å². The molecule has 0 aliphatic carbocycles. The van der Waals surface area contributed by atoms with Crippen molar-refractivity contribution in [3.63, 3.8) is 0 Å². The van der Waals surface area contributed by atoms with Crippen LogP contribution in [-0.4, -0.2) is 24.6 Å². The van der Waals surface area contributed by atoms with Crippen molar-refractivity contribution in [2.75, 3.05) is 11.9 Å². The molecule has 0 saturated carbocycles. The average Bonchev–Trinajstić information content (AvgIpc) is 2.88. The summed E-state index contributed by atoms with van der Waals surface area (Å²) in [6.45, 7) is 7.83. The Hall–Kier alpha value is -2.34. The fourth-order valence-corrected chi connectivity index (χ4v) is 3.07. The Balaban J connectivity index is 1.94. The topological polar surface area (TPSA) is 64.6 Å². The number of rotatable bonds is 6. The summed E-state index contributed by atoms with van der Waals surface area (Å²) in [6.07, 6.45) is -0.885. The fraction of sp³-hybridized carbons (Fsp3) is 0.333. The maximum Gasteiger partial charge on any atom is 0.340 e. The van der Waals surface area contributed by atoms with Gasteiger partial charge in [0, 0.05) is 15.4 Å². The minimum atomic E-state index is -0.885. The lowest BCUT2D eigenvalue weighted by atomic mass is 10.2. The van der Waals surface area contributed by atoms with Gasteiger partial charge in [0.25, 0.3) is 5.91 Å². The Morgan fingerprint density at radius 2 is 1.88 bits per heavy atom. The lowest BCUT2D eigenvalue weighted by Crippen LogP contribution is -2.30. The molecule has 0 bridgehead atoms. The van der Waals surface area contributed by atoms with E-state index in [9.17, 15) is 9.59 Å². The Labute approximate surface area is 145 Å². The minimum Gasteiger partial charge on any atom is -0.494 e. The zero-order valence-electron chi connectivity index (χ0n) is 14.2.